The van der Waals surface area contributed by atoms with E-state index in [0.717, 1.165) is 22.4 Å². The van der Waals surface area contributed by atoms with Gasteiger partial charge in [0.15, 0.2) is 4.90 Å². The molecule has 4 rings (SSSR count). The average Bonchev–Trinajstić information content (AvgIpc) is 3.02. The second-order valence-corrected chi connectivity index (χ2v) is 10.1. The SMILES string of the molecule is COCCN(C)[S+]([O-])c1cncc(N2C(=O)C(C)(C)c3ccc(-c4cnc(C)nc4)cc32)c1. The van der Waals surface area contributed by atoms with Crippen LogP contribution in [-0.2, 0) is 26.3 Å². The number of aromatic nitrogens is 3. The third kappa shape index (κ3) is 4.37. The van der Waals surface area contributed by atoms with Gasteiger partial charge >= 0.3 is 0 Å². The van der Waals surface area contributed by atoms with E-state index in [1.807, 2.05) is 39.0 Å². The number of rotatable bonds is 7. The fourth-order valence-electron chi connectivity index (χ4n) is 3.83. The third-order valence-corrected chi connectivity index (χ3v) is 7.19. The van der Waals surface area contributed by atoms with Crippen LogP contribution in [0.2, 0.25) is 0 Å². The number of pyridine rings is 1. The molecule has 0 bridgehead atoms. The van der Waals surface area contributed by atoms with Gasteiger partial charge in [-0.05, 0) is 38.0 Å². The molecule has 0 saturated heterocycles. The highest BCUT2D eigenvalue weighted by Gasteiger charge is 2.45. The molecule has 0 N–H and O–H groups in total. The van der Waals surface area contributed by atoms with Crippen LogP contribution >= 0.6 is 0 Å². The summed E-state index contributed by atoms with van der Waals surface area (Å²) in [5.74, 6) is 0.636. The normalized spacial score (nSPS) is 15.7. The first kappa shape index (κ1) is 23.3. The highest BCUT2D eigenvalue weighted by atomic mass is 32.2. The predicted octanol–water partition coefficient (Wildman–Crippen LogP) is 3.40. The molecule has 0 spiro atoms. The average molecular weight is 466 g/mol. The Labute approximate surface area is 197 Å². The zero-order chi connectivity index (χ0) is 23.8. The smallest absolute Gasteiger partial charge is 0.241 e. The maximum Gasteiger partial charge on any atom is 0.241 e. The molecule has 1 unspecified atom stereocenters. The Morgan fingerprint density at radius 1 is 1.12 bits per heavy atom. The molecule has 0 aliphatic carbocycles. The molecule has 0 radical (unpaired) electrons. The van der Waals surface area contributed by atoms with E-state index < -0.39 is 16.8 Å². The fourth-order valence-corrected chi connectivity index (χ4v) is 4.81. The van der Waals surface area contributed by atoms with Crippen molar-refractivity contribution in [2.75, 3.05) is 32.2 Å². The Balaban J connectivity index is 1.74. The number of benzene rings is 1. The summed E-state index contributed by atoms with van der Waals surface area (Å²) in [7, 11) is 3.37. The number of aryl methyl sites for hydroxylation is 1. The van der Waals surface area contributed by atoms with Crippen LogP contribution in [0.5, 0.6) is 0 Å². The van der Waals surface area contributed by atoms with Gasteiger partial charge in [0.25, 0.3) is 0 Å². The number of likely N-dealkylation sites (N-methyl/N-ethyl adjacent to an activating group) is 1. The minimum absolute atomic E-state index is 0.0627. The predicted molar refractivity (Wildman–Crippen MR) is 128 cm³/mol. The molecule has 33 heavy (non-hydrogen) atoms. The van der Waals surface area contributed by atoms with Crippen molar-refractivity contribution in [2.24, 2.45) is 0 Å². The molecule has 172 valence electrons. The molecule has 2 aromatic heterocycles. The summed E-state index contributed by atoms with van der Waals surface area (Å²) in [4.78, 5) is 28.6. The Kier molecular flexibility index (Phi) is 6.49. The lowest BCUT2D eigenvalue weighted by molar-refractivity contribution is -0.121. The number of fused-ring (bicyclic) bond motifs is 1. The maximum atomic E-state index is 13.5. The number of carbonyl (C=O) groups is 1. The van der Waals surface area contributed by atoms with Crippen molar-refractivity contribution in [1.29, 1.82) is 0 Å². The van der Waals surface area contributed by atoms with Gasteiger partial charge in [0.1, 0.15) is 5.82 Å². The number of carbonyl (C=O) groups excluding carboxylic acids is 1. The summed E-state index contributed by atoms with van der Waals surface area (Å²) in [5.41, 5.74) is 3.36. The maximum absolute atomic E-state index is 13.5. The van der Waals surface area contributed by atoms with Crippen LogP contribution in [0.3, 0.4) is 0 Å². The van der Waals surface area contributed by atoms with Crippen LogP contribution in [0.1, 0.15) is 25.2 Å². The van der Waals surface area contributed by atoms with Crippen LogP contribution in [-0.4, -0.2) is 57.0 Å². The van der Waals surface area contributed by atoms with Crippen LogP contribution in [0.15, 0.2) is 53.9 Å². The molecular formula is C24H27N5O3S. The second kappa shape index (κ2) is 9.18. The Morgan fingerprint density at radius 3 is 2.55 bits per heavy atom. The molecule has 1 amide bonds. The van der Waals surface area contributed by atoms with Crippen LogP contribution < -0.4 is 4.90 Å². The first-order chi connectivity index (χ1) is 15.7. The second-order valence-electron chi connectivity index (χ2n) is 8.49. The number of hydrogen-bond acceptors (Lipinski definition) is 7. The van der Waals surface area contributed by atoms with Crippen molar-refractivity contribution >= 4 is 28.6 Å². The summed E-state index contributed by atoms with van der Waals surface area (Å²) in [5, 5.41) is 0. The van der Waals surface area contributed by atoms with E-state index in [1.165, 1.54) is 0 Å². The van der Waals surface area contributed by atoms with Crippen molar-refractivity contribution in [2.45, 2.75) is 31.1 Å². The molecule has 0 saturated carbocycles. The summed E-state index contributed by atoms with van der Waals surface area (Å²) >= 11 is -1.43. The Morgan fingerprint density at radius 2 is 1.85 bits per heavy atom. The highest BCUT2D eigenvalue weighted by Crippen LogP contribution is 2.46. The van der Waals surface area contributed by atoms with E-state index in [2.05, 4.69) is 15.0 Å². The molecule has 1 aromatic carbocycles. The Hall–Kier alpha value is -2.85. The molecule has 0 fully saturated rings. The van der Waals surface area contributed by atoms with Crippen molar-refractivity contribution in [3.05, 3.63) is 60.4 Å². The number of methoxy groups -OCH3 is 1. The monoisotopic (exact) mass is 465 g/mol. The molecule has 3 aromatic rings. The van der Waals surface area contributed by atoms with Gasteiger partial charge in [-0.3, -0.25) is 14.7 Å². The van der Waals surface area contributed by atoms with E-state index in [1.54, 1.807) is 54.2 Å². The van der Waals surface area contributed by atoms with Crippen LogP contribution in [0.4, 0.5) is 11.4 Å². The molecule has 8 nitrogen and oxygen atoms in total. The van der Waals surface area contributed by atoms with Gasteiger partial charge in [-0.15, -0.1) is 4.31 Å². The van der Waals surface area contributed by atoms with E-state index in [0.29, 0.717) is 29.6 Å². The molecule has 3 heterocycles. The summed E-state index contributed by atoms with van der Waals surface area (Å²) in [6, 6.07) is 7.71. The zero-order valence-electron chi connectivity index (χ0n) is 19.4. The van der Waals surface area contributed by atoms with Crippen LogP contribution in [0.25, 0.3) is 11.1 Å². The number of amides is 1. The van der Waals surface area contributed by atoms with E-state index in [9.17, 15) is 9.35 Å². The van der Waals surface area contributed by atoms with Gasteiger partial charge in [-0.25, -0.2) is 9.97 Å². The minimum Gasteiger partial charge on any atom is -0.593 e. The molecule has 1 aliphatic rings. The van der Waals surface area contributed by atoms with E-state index in [-0.39, 0.29) is 5.91 Å². The van der Waals surface area contributed by atoms with E-state index >= 15 is 0 Å². The van der Waals surface area contributed by atoms with Gasteiger partial charge in [0.05, 0.1) is 53.7 Å². The number of ether oxygens (including phenoxy) is 1. The van der Waals surface area contributed by atoms with Gasteiger partial charge in [-0.2, -0.15) is 0 Å². The van der Waals surface area contributed by atoms with Gasteiger partial charge in [0, 0.05) is 38.2 Å². The quantitative estimate of drug-likeness (QED) is 0.494. The zero-order valence-corrected chi connectivity index (χ0v) is 20.2. The summed E-state index contributed by atoms with van der Waals surface area (Å²) in [6.07, 6.45) is 6.74. The van der Waals surface area contributed by atoms with Crippen molar-refractivity contribution < 1.29 is 14.1 Å². The van der Waals surface area contributed by atoms with Crippen molar-refractivity contribution in [3.8, 4) is 11.1 Å². The minimum atomic E-state index is -1.43. The third-order valence-electron chi connectivity index (χ3n) is 5.82. The molecular weight excluding hydrogens is 438 g/mol. The number of anilines is 2. The van der Waals surface area contributed by atoms with Gasteiger partial charge in [0.2, 0.25) is 5.91 Å². The molecule has 1 atom stereocenters. The van der Waals surface area contributed by atoms with Gasteiger partial charge in [-0.1, -0.05) is 12.1 Å². The highest BCUT2D eigenvalue weighted by molar-refractivity contribution is 7.89. The fraction of sp³-hybridized carbons (Fsp3) is 0.333. The van der Waals surface area contributed by atoms with Gasteiger partial charge < -0.3 is 9.29 Å². The van der Waals surface area contributed by atoms with Crippen molar-refractivity contribution in [1.82, 2.24) is 19.3 Å². The first-order valence-electron chi connectivity index (χ1n) is 10.6. The largest absolute Gasteiger partial charge is 0.593 e. The number of nitrogens with zero attached hydrogens (tertiary/aromatic N) is 5. The standard InChI is InChI=1S/C24H27N5O3S/c1-16-26-12-18(13-27-16)17-6-7-21-22(10-17)29(23(30)24(21,2)3)19-11-20(15-25-14-19)33(31)28(4)8-9-32-5/h6-7,10-15H,8-9H2,1-5H3. The van der Waals surface area contributed by atoms with Crippen molar-refractivity contribution in [3.63, 3.8) is 0 Å². The lowest BCUT2D eigenvalue weighted by atomic mass is 9.85. The lowest BCUT2D eigenvalue weighted by Crippen LogP contribution is -2.33. The lowest BCUT2D eigenvalue weighted by Gasteiger charge is -2.22. The summed E-state index contributed by atoms with van der Waals surface area (Å²) in [6.45, 7) is 6.64. The molecule has 1 aliphatic heterocycles. The van der Waals surface area contributed by atoms with E-state index in [4.69, 9.17) is 4.74 Å². The number of hydrogen-bond donors (Lipinski definition) is 0. The van der Waals surface area contributed by atoms with Crippen LogP contribution in [0, 0.1) is 6.92 Å². The molecule has 9 heteroatoms. The summed E-state index contributed by atoms with van der Waals surface area (Å²) < 4.78 is 19.7. The first-order valence-corrected chi connectivity index (χ1v) is 11.7. The Bertz CT molecular complexity index is 1170. The topological polar surface area (TPSA) is 94.5 Å².